The monoisotopic (exact) mass is 380 g/mol. The highest BCUT2D eigenvalue weighted by Gasteiger charge is 2.21. The first-order valence-corrected chi connectivity index (χ1v) is 9.23. The first kappa shape index (κ1) is 18.4. The summed E-state index contributed by atoms with van der Waals surface area (Å²) >= 11 is 0. The fraction of sp³-hybridized carbons (Fsp3) is 0.273. The average molecular weight is 380 g/mol. The normalized spacial score (nSPS) is 14.3. The Morgan fingerprint density at radius 2 is 2.04 bits per heavy atom. The molecule has 0 radical (unpaired) electrons. The van der Waals surface area contributed by atoms with Gasteiger partial charge in [-0.3, -0.25) is 9.78 Å². The average Bonchev–Trinajstić information content (AvgIpc) is 2.74. The van der Waals surface area contributed by atoms with Crippen LogP contribution in [0.1, 0.15) is 15.9 Å². The van der Waals surface area contributed by atoms with Crippen LogP contribution in [-0.2, 0) is 11.2 Å². The number of rotatable bonds is 5. The standard InChI is InChI=1S/C22H21FN2O3/c1-27-18-4-2-3-15(11-18)21(26)12-16-14-24-20-6-5-17(23)13-19(20)22(16)25-7-9-28-10-8-25/h2-6,11,13-14H,7-10,12H2,1H3. The van der Waals surface area contributed by atoms with Crippen molar-refractivity contribution in [3.63, 3.8) is 0 Å². The number of hydrogen-bond donors (Lipinski definition) is 0. The largest absolute Gasteiger partial charge is 0.497 e. The van der Waals surface area contributed by atoms with Crippen molar-refractivity contribution in [3.8, 4) is 5.75 Å². The predicted octanol–water partition coefficient (Wildman–Crippen LogP) is 3.64. The molecule has 1 aromatic heterocycles. The summed E-state index contributed by atoms with van der Waals surface area (Å²) in [5, 5.41) is 0.720. The highest BCUT2D eigenvalue weighted by atomic mass is 19.1. The van der Waals surface area contributed by atoms with Crippen LogP contribution in [0.2, 0.25) is 0 Å². The van der Waals surface area contributed by atoms with Gasteiger partial charge in [0, 0.05) is 42.2 Å². The number of ether oxygens (including phenoxy) is 2. The van der Waals surface area contributed by atoms with E-state index in [1.54, 1.807) is 43.6 Å². The molecule has 1 aliphatic heterocycles. The van der Waals surface area contributed by atoms with Crippen LogP contribution in [0.25, 0.3) is 10.9 Å². The molecule has 28 heavy (non-hydrogen) atoms. The van der Waals surface area contributed by atoms with Gasteiger partial charge in [-0.05, 0) is 30.3 Å². The molecular weight excluding hydrogens is 359 g/mol. The lowest BCUT2D eigenvalue weighted by atomic mass is 9.99. The molecule has 0 N–H and O–H groups in total. The Morgan fingerprint density at radius 1 is 1.21 bits per heavy atom. The number of pyridine rings is 1. The molecule has 0 bridgehead atoms. The Balaban J connectivity index is 1.76. The smallest absolute Gasteiger partial charge is 0.167 e. The van der Waals surface area contributed by atoms with Crippen LogP contribution in [0, 0.1) is 5.82 Å². The minimum absolute atomic E-state index is 0.0361. The van der Waals surface area contributed by atoms with Gasteiger partial charge in [0.2, 0.25) is 0 Å². The number of fused-ring (bicyclic) bond motifs is 1. The summed E-state index contributed by atoms with van der Waals surface area (Å²) in [6.07, 6.45) is 1.91. The maximum atomic E-state index is 14.0. The lowest BCUT2D eigenvalue weighted by Gasteiger charge is -2.31. The third-order valence-corrected chi connectivity index (χ3v) is 4.95. The number of Topliss-reactive ketones (excluding diaryl/α,β-unsaturated/α-hetero) is 1. The molecule has 1 fully saturated rings. The molecule has 0 saturated carbocycles. The van der Waals surface area contributed by atoms with E-state index in [0.29, 0.717) is 43.1 Å². The second-order valence-corrected chi connectivity index (χ2v) is 6.72. The second kappa shape index (κ2) is 7.94. The molecule has 2 aromatic carbocycles. The number of methoxy groups -OCH3 is 1. The fourth-order valence-electron chi connectivity index (χ4n) is 3.55. The Hall–Kier alpha value is -2.99. The number of benzene rings is 2. The Labute approximate surface area is 162 Å². The lowest BCUT2D eigenvalue weighted by Crippen LogP contribution is -2.37. The van der Waals surface area contributed by atoms with E-state index in [1.165, 1.54) is 12.1 Å². The summed E-state index contributed by atoms with van der Waals surface area (Å²) < 4.78 is 24.7. The topological polar surface area (TPSA) is 51.7 Å². The number of hydrogen-bond acceptors (Lipinski definition) is 5. The van der Waals surface area contributed by atoms with Crippen molar-refractivity contribution in [1.82, 2.24) is 4.98 Å². The van der Waals surface area contributed by atoms with Gasteiger partial charge in [0.05, 0.1) is 31.5 Å². The van der Waals surface area contributed by atoms with Crippen LogP contribution in [0.4, 0.5) is 10.1 Å². The molecule has 0 unspecified atom stereocenters. The summed E-state index contributed by atoms with van der Waals surface area (Å²) in [5.41, 5.74) is 2.93. The third kappa shape index (κ3) is 3.68. The maximum absolute atomic E-state index is 14.0. The predicted molar refractivity (Wildman–Crippen MR) is 106 cm³/mol. The number of carbonyl (C=O) groups is 1. The molecule has 0 amide bonds. The number of nitrogens with zero attached hydrogens (tertiary/aromatic N) is 2. The molecular formula is C22H21FN2O3. The quantitative estimate of drug-likeness (QED) is 0.633. The van der Waals surface area contributed by atoms with Crippen molar-refractivity contribution >= 4 is 22.4 Å². The number of anilines is 1. The van der Waals surface area contributed by atoms with Crippen molar-refractivity contribution in [2.45, 2.75) is 6.42 Å². The summed E-state index contributed by atoms with van der Waals surface area (Å²) in [6.45, 7) is 2.58. The van der Waals surface area contributed by atoms with E-state index in [4.69, 9.17) is 9.47 Å². The van der Waals surface area contributed by atoms with Gasteiger partial charge in [-0.2, -0.15) is 0 Å². The molecule has 1 aliphatic rings. The van der Waals surface area contributed by atoms with E-state index in [1.807, 2.05) is 0 Å². The number of halogens is 1. The molecule has 144 valence electrons. The molecule has 0 atom stereocenters. The van der Waals surface area contributed by atoms with Gasteiger partial charge in [0.15, 0.2) is 5.78 Å². The maximum Gasteiger partial charge on any atom is 0.167 e. The van der Waals surface area contributed by atoms with Crippen LogP contribution in [0.3, 0.4) is 0 Å². The van der Waals surface area contributed by atoms with E-state index in [9.17, 15) is 9.18 Å². The summed E-state index contributed by atoms with van der Waals surface area (Å²) in [6, 6.07) is 11.7. The summed E-state index contributed by atoms with van der Waals surface area (Å²) in [7, 11) is 1.57. The first-order valence-electron chi connectivity index (χ1n) is 9.23. The minimum Gasteiger partial charge on any atom is -0.497 e. The van der Waals surface area contributed by atoms with Crippen molar-refractivity contribution in [3.05, 3.63) is 65.6 Å². The number of carbonyl (C=O) groups excluding carboxylic acids is 1. The van der Waals surface area contributed by atoms with Crippen molar-refractivity contribution in [2.24, 2.45) is 0 Å². The van der Waals surface area contributed by atoms with Gasteiger partial charge >= 0.3 is 0 Å². The summed E-state index contributed by atoms with van der Waals surface area (Å²) in [5.74, 6) is 0.281. The number of morpholine rings is 1. The highest BCUT2D eigenvalue weighted by molar-refractivity contribution is 6.01. The van der Waals surface area contributed by atoms with Gasteiger partial charge in [-0.25, -0.2) is 4.39 Å². The minimum atomic E-state index is -0.319. The van der Waals surface area contributed by atoms with E-state index in [2.05, 4.69) is 9.88 Å². The van der Waals surface area contributed by atoms with Crippen LogP contribution in [0.5, 0.6) is 5.75 Å². The van der Waals surface area contributed by atoms with E-state index < -0.39 is 0 Å². The van der Waals surface area contributed by atoms with E-state index >= 15 is 0 Å². The summed E-state index contributed by atoms with van der Waals surface area (Å²) in [4.78, 5) is 19.5. The zero-order valence-corrected chi connectivity index (χ0v) is 15.7. The van der Waals surface area contributed by atoms with Crippen molar-refractivity contribution < 1.29 is 18.7 Å². The third-order valence-electron chi connectivity index (χ3n) is 4.95. The molecule has 0 spiro atoms. The Kier molecular flexibility index (Phi) is 5.21. The van der Waals surface area contributed by atoms with Crippen molar-refractivity contribution in [1.29, 1.82) is 0 Å². The molecule has 1 saturated heterocycles. The van der Waals surface area contributed by atoms with Crippen LogP contribution >= 0.6 is 0 Å². The molecule has 0 aliphatic carbocycles. The van der Waals surface area contributed by atoms with Crippen LogP contribution in [-0.4, -0.2) is 44.2 Å². The first-order chi connectivity index (χ1) is 13.7. The molecule has 6 heteroatoms. The van der Waals surface area contributed by atoms with Gasteiger partial charge in [0.25, 0.3) is 0 Å². The zero-order valence-electron chi connectivity index (χ0n) is 15.7. The van der Waals surface area contributed by atoms with Gasteiger partial charge in [0.1, 0.15) is 11.6 Å². The van der Waals surface area contributed by atoms with Crippen LogP contribution < -0.4 is 9.64 Å². The number of aromatic nitrogens is 1. The Bertz CT molecular complexity index is 1020. The molecule has 3 aromatic rings. The van der Waals surface area contributed by atoms with Gasteiger partial charge in [-0.15, -0.1) is 0 Å². The Morgan fingerprint density at radius 3 is 2.82 bits per heavy atom. The molecule has 5 nitrogen and oxygen atoms in total. The van der Waals surface area contributed by atoms with Gasteiger partial charge in [-0.1, -0.05) is 12.1 Å². The fourth-order valence-corrected chi connectivity index (χ4v) is 3.55. The molecule has 4 rings (SSSR count). The van der Waals surface area contributed by atoms with Crippen LogP contribution in [0.15, 0.2) is 48.7 Å². The molecule has 2 heterocycles. The number of ketones is 1. The highest BCUT2D eigenvalue weighted by Crippen LogP contribution is 2.32. The SMILES string of the molecule is COc1cccc(C(=O)Cc2cnc3ccc(F)cc3c2N2CCOCC2)c1. The second-order valence-electron chi connectivity index (χ2n) is 6.72. The van der Waals surface area contributed by atoms with E-state index in [-0.39, 0.29) is 18.0 Å². The zero-order chi connectivity index (χ0) is 19.5. The van der Waals surface area contributed by atoms with Gasteiger partial charge < -0.3 is 14.4 Å². The van der Waals surface area contributed by atoms with E-state index in [0.717, 1.165) is 16.6 Å². The lowest BCUT2D eigenvalue weighted by molar-refractivity contribution is 0.0992. The van der Waals surface area contributed by atoms with Crippen molar-refractivity contribution in [2.75, 3.05) is 38.3 Å².